The van der Waals surface area contributed by atoms with E-state index in [1.165, 1.54) is 0 Å². The number of para-hydroxylation sites is 2. The van der Waals surface area contributed by atoms with Gasteiger partial charge in [-0.3, -0.25) is 14.4 Å². The Kier molecular flexibility index (Phi) is 6.66. The topological polar surface area (TPSA) is 75.7 Å². The van der Waals surface area contributed by atoms with Gasteiger partial charge in [0.15, 0.2) is 11.6 Å². The Morgan fingerprint density at radius 2 is 1.63 bits per heavy atom. The van der Waals surface area contributed by atoms with Crippen molar-refractivity contribution >= 4 is 40.8 Å². The van der Waals surface area contributed by atoms with Gasteiger partial charge in [-0.2, -0.15) is 0 Å². The highest BCUT2D eigenvalue weighted by molar-refractivity contribution is 6.30. The fourth-order valence-corrected chi connectivity index (χ4v) is 7.25. The van der Waals surface area contributed by atoms with E-state index in [-0.39, 0.29) is 17.5 Å². The first kappa shape index (κ1) is 27.2. The van der Waals surface area contributed by atoms with E-state index in [1.54, 1.807) is 42.5 Å². The molecule has 0 radical (unpaired) electrons. The lowest BCUT2D eigenvalue weighted by atomic mass is 9.62. The van der Waals surface area contributed by atoms with Crippen LogP contribution < -0.4 is 10.1 Å². The number of hydrogen-bond acceptors (Lipinski definition) is 5. The predicted molar refractivity (Wildman–Crippen MR) is 166 cm³/mol. The molecule has 7 heteroatoms. The zero-order valence-electron chi connectivity index (χ0n) is 23.5. The third kappa shape index (κ3) is 4.04. The van der Waals surface area contributed by atoms with E-state index in [0.29, 0.717) is 39.8 Å². The van der Waals surface area contributed by atoms with Crippen molar-refractivity contribution in [1.82, 2.24) is 4.90 Å². The summed E-state index contributed by atoms with van der Waals surface area (Å²) in [5, 5.41) is 3.57. The lowest BCUT2D eigenvalue weighted by Crippen LogP contribution is -2.49. The van der Waals surface area contributed by atoms with Gasteiger partial charge >= 0.3 is 0 Å². The minimum Gasteiger partial charge on any atom is -0.493 e. The van der Waals surface area contributed by atoms with Crippen LogP contribution in [0.25, 0.3) is 6.08 Å². The molecule has 0 aliphatic carbocycles. The minimum atomic E-state index is -1.40. The number of benzene rings is 4. The number of nitrogens with one attached hydrogen (secondary N) is 1. The highest BCUT2D eigenvalue weighted by atomic mass is 35.5. The normalized spacial score (nSPS) is 23.0. The maximum Gasteiger partial charge on any atom is 0.238 e. The predicted octanol–water partition coefficient (Wildman–Crippen LogP) is 7.11. The van der Waals surface area contributed by atoms with Crippen LogP contribution in [0.3, 0.4) is 0 Å². The summed E-state index contributed by atoms with van der Waals surface area (Å²) in [6.45, 7) is 2.45. The SMILES string of the molecule is CCCOc1ccccc1C(=O)C1C(C(=O)c2ccc(Cl)cc2)C2(C(=O)Nc3ccccc32)C2c3ccccc3C=CN12. The maximum atomic E-state index is 14.9. The summed E-state index contributed by atoms with van der Waals surface area (Å²) in [7, 11) is 0. The number of hydrogen-bond donors (Lipinski definition) is 1. The number of fused-ring (bicyclic) bond motifs is 6. The van der Waals surface area contributed by atoms with Crippen LogP contribution in [0.15, 0.2) is 103 Å². The van der Waals surface area contributed by atoms with E-state index in [9.17, 15) is 14.4 Å². The summed E-state index contributed by atoms with van der Waals surface area (Å²) >= 11 is 6.20. The number of carbonyl (C=O) groups is 3. The molecular weight excluding hydrogens is 560 g/mol. The molecule has 43 heavy (non-hydrogen) atoms. The summed E-state index contributed by atoms with van der Waals surface area (Å²) < 4.78 is 6.01. The molecule has 3 aliphatic heterocycles. The van der Waals surface area contributed by atoms with Gasteiger partial charge in [-0.25, -0.2) is 0 Å². The molecule has 4 aromatic carbocycles. The first-order valence-electron chi connectivity index (χ1n) is 14.5. The molecule has 0 saturated carbocycles. The van der Waals surface area contributed by atoms with Gasteiger partial charge in [0.05, 0.1) is 24.1 Å². The molecule has 3 heterocycles. The lowest BCUT2D eigenvalue weighted by molar-refractivity contribution is -0.122. The van der Waals surface area contributed by atoms with Gasteiger partial charge < -0.3 is 15.0 Å². The van der Waals surface area contributed by atoms with Crippen molar-refractivity contribution in [3.63, 3.8) is 0 Å². The average Bonchev–Trinajstić information content (AvgIpc) is 3.52. The highest BCUT2D eigenvalue weighted by Crippen LogP contribution is 2.62. The first-order chi connectivity index (χ1) is 21.0. The molecule has 0 bridgehead atoms. The standard InChI is InChI=1S/C36H29ClN2O4/c1-2-21-43-29-14-8-5-11-26(29)33(41)31-30(32(40)23-15-17-24(37)18-16-23)36(27-12-6-7-13-28(27)38-35(36)42)34-25-10-4-3-9-22(25)19-20-39(31)34/h3-20,30-31,34H,2,21H2,1H3,(H,38,42). The van der Waals surface area contributed by atoms with Crippen LogP contribution in [0.1, 0.15) is 56.8 Å². The Balaban J connectivity index is 1.51. The smallest absolute Gasteiger partial charge is 0.238 e. The van der Waals surface area contributed by atoms with Gasteiger partial charge in [-0.1, -0.05) is 73.1 Å². The number of ketones is 2. The second-order valence-electron chi connectivity index (χ2n) is 11.2. The van der Waals surface area contributed by atoms with Gasteiger partial charge in [0, 0.05) is 22.5 Å². The van der Waals surface area contributed by atoms with Crippen LogP contribution in [0.4, 0.5) is 5.69 Å². The minimum absolute atomic E-state index is 0.276. The zero-order valence-corrected chi connectivity index (χ0v) is 24.3. The Labute approximate surface area is 254 Å². The second-order valence-corrected chi connectivity index (χ2v) is 11.6. The van der Waals surface area contributed by atoms with Crippen molar-refractivity contribution in [2.24, 2.45) is 5.92 Å². The molecule has 4 unspecified atom stereocenters. The van der Waals surface area contributed by atoms with Crippen molar-refractivity contribution in [2.75, 3.05) is 11.9 Å². The Morgan fingerprint density at radius 1 is 0.907 bits per heavy atom. The van der Waals surface area contributed by atoms with Gasteiger partial charge in [0.1, 0.15) is 17.2 Å². The van der Waals surface area contributed by atoms with Crippen LogP contribution in [0.5, 0.6) is 5.75 Å². The van der Waals surface area contributed by atoms with Gasteiger partial charge in [-0.05, 0) is 71.7 Å². The van der Waals surface area contributed by atoms with E-state index in [1.807, 2.05) is 78.7 Å². The van der Waals surface area contributed by atoms with Crippen LogP contribution in [0.2, 0.25) is 5.02 Å². The van der Waals surface area contributed by atoms with Crippen LogP contribution in [-0.2, 0) is 10.2 Å². The molecule has 1 N–H and O–H groups in total. The number of Topliss-reactive ketones (excluding diaryl/α,β-unsaturated/α-hetero) is 2. The summed E-state index contributed by atoms with van der Waals surface area (Å²) in [6.07, 6.45) is 4.60. The van der Waals surface area contributed by atoms with Crippen molar-refractivity contribution in [3.8, 4) is 5.75 Å². The molecule has 4 atom stereocenters. The number of anilines is 1. The number of halogens is 1. The average molecular weight is 589 g/mol. The third-order valence-corrected chi connectivity index (χ3v) is 9.12. The van der Waals surface area contributed by atoms with Crippen molar-refractivity contribution in [2.45, 2.75) is 30.8 Å². The van der Waals surface area contributed by atoms with E-state index in [0.717, 1.165) is 17.5 Å². The number of ether oxygens (including phenoxy) is 1. The van der Waals surface area contributed by atoms with E-state index in [4.69, 9.17) is 16.3 Å². The van der Waals surface area contributed by atoms with Crippen LogP contribution in [0, 0.1) is 5.92 Å². The molecule has 4 aromatic rings. The fourth-order valence-electron chi connectivity index (χ4n) is 7.13. The Bertz CT molecular complexity index is 1800. The molecular formula is C36H29ClN2O4. The van der Waals surface area contributed by atoms with Gasteiger partial charge in [0.2, 0.25) is 5.91 Å². The molecule has 1 spiro atoms. The zero-order chi connectivity index (χ0) is 29.7. The van der Waals surface area contributed by atoms with Crippen molar-refractivity contribution < 1.29 is 19.1 Å². The number of amides is 1. The Hall–Kier alpha value is -4.68. The quantitative estimate of drug-likeness (QED) is 0.233. The van der Waals surface area contributed by atoms with E-state index < -0.39 is 23.4 Å². The molecule has 0 aromatic heterocycles. The second kappa shape index (κ2) is 10.5. The number of rotatable bonds is 7. The summed E-state index contributed by atoms with van der Waals surface area (Å²) in [4.78, 5) is 46.3. The molecule has 1 amide bonds. The fraction of sp³-hybridized carbons (Fsp3) is 0.194. The molecule has 7 rings (SSSR count). The van der Waals surface area contributed by atoms with Crippen molar-refractivity contribution in [3.05, 3.63) is 136 Å². The third-order valence-electron chi connectivity index (χ3n) is 8.86. The molecule has 1 fully saturated rings. The lowest BCUT2D eigenvalue weighted by Gasteiger charge is -2.38. The van der Waals surface area contributed by atoms with Gasteiger partial charge in [0.25, 0.3) is 0 Å². The summed E-state index contributed by atoms with van der Waals surface area (Å²) in [5.41, 5.74) is 2.55. The number of carbonyl (C=O) groups excluding carboxylic acids is 3. The number of nitrogens with zero attached hydrogens (tertiary/aromatic N) is 1. The first-order valence-corrected chi connectivity index (χ1v) is 14.9. The van der Waals surface area contributed by atoms with E-state index >= 15 is 0 Å². The summed E-state index contributed by atoms with van der Waals surface area (Å²) in [5.74, 6) is -1.48. The van der Waals surface area contributed by atoms with Crippen LogP contribution >= 0.6 is 11.6 Å². The molecule has 214 valence electrons. The Morgan fingerprint density at radius 3 is 2.44 bits per heavy atom. The highest BCUT2D eigenvalue weighted by Gasteiger charge is 2.70. The van der Waals surface area contributed by atoms with Crippen LogP contribution in [-0.4, -0.2) is 35.0 Å². The monoisotopic (exact) mass is 588 g/mol. The van der Waals surface area contributed by atoms with Crippen molar-refractivity contribution in [1.29, 1.82) is 0 Å². The molecule has 3 aliphatic rings. The van der Waals surface area contributed by atoms with Gasteiger partial charge in [-0.15, -0.1) is 0 Å². The van der Waals surface area contributed by atoms with E-state index in [2.05, 4.69) is 5.32 Å². The summed E-state index contributed by atoms with van der Waals surface area (Å²) in [6, 6.07) is 27.5. The molecule has 1 saturated heterocycles. The molecule has 6 nitrogen and oxygen atoms in total. The maximum absolute atomic E-state index is 14.9. The largest absolute Gasteiger partial charge is 0.493 e.